The third-order valence-electron chi connectivity index (χ3n) is 4.40. The highest BCUT2D eigenvalue weighted by molar-refractivity contribution is 5.83. The smallest absolute Gasteiger partial charge is 0.330 e. The van der Waals surface area contributed by atoms with Crippen LogP contribution in [0, 0.1) is 20.2 Å². The van der Waals surface area contributed by atoms with Gasteiger partial charge in [-0.2, -0.15) is 31.4 Å². The molecule has 0 saturated carbocycles. The lowest BCUT2D eigenvalue weighted by Crippen LogP contribution is -2.59. The standard InChI is InChI=1S/C18H13F6N5O5/c19-17(20,21)15(30)26-16(18(22,23)24,11-4-2-1-3-5-11)8-9-25-27-13-7-6-12(28(31)32)10-14(13)29(33)34/h1-7,9-10,27H,8H2,(H,26,30). The van der Waals surface area contributed by atoms with Crippen LogP contribution in [0.25, 0.3) is 0 Å². The Bertz CT molecular complexity index is 1110. The van der Waals surface area contributed by atoms with Gasteiger partial charge in [-0.25, -0.2) is 0 Å². The largest absolute Gasteiger partial charge is 0.471 e. The zero-order valence-corrected chi connectivity index (χ0v) is 16.6. The Labute approximate surface area is 185 Å². The van der Waals surface area contributed by atoms with Gasteiger partial charge in [-0.15, -0.1) is 0 Å². The summed E-state index contributed by atoms with van der Waals surface area (Å²) >= 11 is 0. The number of hydrazone groups is 1. The average molecular weight is 493 g/mol. The topological polar surface area (TPSA) is 140 Å². The SMILES string of the molecule is O=C(NC(CC=NNc1ccc([N+](=O)[O-])cc1[N+](=O)[O-])(c1ccccc1)C(F)(F)F)C(F)(F)F. The fraction of sp³-hybridized carbons (Fsp3) is 0.222. The van der Waals surface area contributed by atoms with E-state index in [1.165, 1.54) is 6.07 Å². The van der Waals surface area contributed by atoms with Crippen LogP contribution in [-0.4, -0.2) is 34.3 Å². The molecule has 0 aromatic heterocycles. The fourth-order valence-corrected chi connectivity index (χ4v) is 2.76. The molecule has 10 nitrogen and oxygen atoms in total. The molecule has 0 spiro atoms. The normalized spacial score (nSPS) is 13.8. The van der Waals surface area contributed by atoms with Crippen molar-refractivity contribution in [2.45, 2.75) is 24.3 Å². The third-order valence-corrected chi connectivity index (χ3v) is 4.40. The molecule has 0 aliphatic rings. The van der Waals surface area contributed by atoms with E-state index in [1.54, 1.807) is 0 Å². The molecule has 2 rings (SSSR count). The van der Waals surface area contributed by atoms with Crippen LogP contribution in [0.4, 0.5) is 43.4 Å². The van der Waals surface area contributed by atoms with Crippen molar-refractivity contribution in [2.75, 3.05) is 5.43 Å². The van der Waals surface area contributed by atoms with E-state index in [1.807, 2.05) is 5.43 Å². The maximum Gasteiger partial charge on any atom is 0.471 e. The van der Waals surface area contributed by atoms with Crippen molar-refractivity contribution in [3.8, 4) is 0 Å². The predicted molar refractivity (Wildman–Crippen MR) is 105 cm³/mol. The quantitative estimate of drug-likeness (QED) is 0.241. The highest BCUT2D eigenvalue weighted by Crippen LogP contribution is 2.42. The summed E-state index contributed by atoms with van der Waals surface area (Å²) in [5, 5.41) is 26.2. The van der Waals surface area contributed by atoms with Crippen LogP contribution in [0.1, 0.15) is 12.0 Å². The molecule has 1 unspecified atom stereocenters. The molecule has 0 heterocycles. The number of hydrogen-bond acceptors (Lipinski definition) is 7. The van der Waals surface area contributed by atoms with Crippen LogP contribution in [0.3, 0.4) is 0 Å². The van der Waals surface area contributed by atoms with E-state index < -0.39 is 62.7 Å². The molecule has 2 aromatic rings. The van der Waals surface area contributed by atoms with Crippen molar-refractivity contribution in [3.63, 3.8) is 0 Å². The number of nitro groups is 2. The minimum absolute atomic E-state index is 0.441. The van der Waals surface area contributed by atoms with Gasteiger partial charge in [0.15, 0.2) is 5.54 Å². The van der Waals surface area contributed by atoms with Gasteiger partial charge in [0, 0.05) is 18.7 Å². The number of alkyl halides is 6. The molecule has 1 atom stereocenters. The molecule has 182 valence electrons. The number of amides is 1. The van der Waals surface area contributed by atoms with Crippen molar-refractivity contribution in [2.24, 2.45) is 5.10 Å². The van der Waals surface area contributed by atoms with E-state index in [9.17, 15) is 51.4 Å². The van der Waals surface area contributed by atoms with Gasteiger partial charge in [0.1, 0.15) is 5.69 Å². The summed E-state index contributed by atoms with van der Waals surface area (Å²) in [6, 6.07) is 7.55. The van der Waals surface area contributed by atoms with E-state index in [2.05, 4.69) is 5.10 Å². The van der Waals surface area contributed by atoms with Gasteiger partial charge in [-0.3, -0.25) is 30.4 Å². The number of nitrogens with zero attached hydrogens (tertiary/aromatic N) is 3. The Morgan fingerprint density at radius 1 is 0.971 bits per heavy atom. The molecule has 1 amide bonds. The number of hydrogen-bond donors (Lipinski definition) is 2. The summed E-state index contributed by atoms with van der Waals surface area (Å²) in [6.07, 6.45) is -11.9. The minimum atomic E-state index is -5.62. The van der Waals surface area contributed by atoms with Crippen LogP contribution >= 0.6 is 0 Å². The van der Waals surface area contributed by atoms with Gasteiger partial charge in [0.2, 0.25) is 0 Å². The van der Waals surface area contributed by atoms with Gasteiger partial charge in [0.05, 0.1) is 15.9 Å². The summed E-state index contributed by atoms with van der Waals surface area (Å²) < 4.78 is 80.4. The summed E-state index contributed by atoms with van der Waals surface area (Å²) in [5.74, 6) is -2.85. The first-order chi connectivity index (χ1) is 15.7. The first-order valence-electron chi connectivity index (χ1n) is 8.91. The number of halogens is 6. The Hall–Kier alpha value is -4.24. The second-order valence-corrected chi connectivity index (χ2v) is 6.56. The Balaban J connectivity index is 2.42. The number of non-ortho nitro benzene ring substituents is 1. The second-order valence-electron chi connectivity index (χ2n) is 6.56. The van der Waals surface area contributed by atoms with Crippen molar-refractivity contribution in [1.29, 1.82) is 0 Å². The molecule has 0 fully saturated rings. The number of nitro benzene ring substituents is 2. The number of rotatable bonds is 8. The molecular weight excluding hydrogens is 480 g/mol. The van der Waals surface area contributed by atoms with Gasteiger partial charge in [-0.1, -0.05) is 30.3 Å². The van der Waals surface area contributed by atoms with Crippen molar-refractivity contribution in [3.05, 3.63) is 74.3 Å². The summed E-state index contributed by atoms with van der Waals surface area (Å²) in [6.45, 7) is 0. The zero-order chi connectivity index (χ0) is 25.7. The lowest BCUT2D eigenvalue weighted by Gasteiger charge is -2.36. The molecule has 0 bridgehead atoms. The monoisotopic (exact) mass is 493 g/mol. The van der Waals surface area contributed by atoms with Crippen molar-refractivity contribution in [1.82, 2.24) is 5.32 Å². The number of nitrogens with one attached hydrogen (secondary N) is 2. The van der Waals surface area contributed by atoms with Gasteiger partial charge in [0.25, 0.3) is 5.69 Å². The number of carbonyl (C=O) groups excluding carboxylic acids is 1. The second kappa shape index (κ2) is 9.72. The predicted octanol–water partition coefficient (Wildman–Crippen LogP) is 4.43. The minimum Gasteiger partial charge on any atom is -0.330 e. The lowest BCUT2D eigenvalue weighted by atomic mass is 9.86. The Morgan fingerprint density at radius 2 is 1.59 bits per heavy atom. The third kappa shape index (κ3) is 5.76. The number of anilines is 1. The summed E-state index contributed by atoms with van der Waals surface area (Å²) in [4.78, 5) is 31.4. The van der Waals surface area contributed by atoms with E-state index in [-0.39, 0.29) is 0 Å². The highest BCUT2D eigenvalue weighted by atomic mass is 19.4. The number of carbonyl (C=O) groups is 1. The average Bonchev–Trinajstić information content (AvgIpc) is 2.74. The molecule has 0 aliphatic carbocycles. The van der Waals surface area contributed by atoms with E-state index in [0.717, 1.165) is 41.7 Å². The van der Waals surface area contributed by atoms with E-state index in [0.29, 0.717) is 12.3 Å². The van der Waals surface area contributed by atoms with Gasteiger partial charge < -0.3 is 5.32 Å². The Kier molecular flexibility index (Phi) is 7.43. The molecule has 16 heteroatoms. The van der Waals surface area contributed by atoms with E-state index >= 15 is 0 Å². The van der Waals surface area contributed by atoms with Crippen LogP contribution in [0.2, 0.25) is 0 Å². The molecule has 0 radical (unpaired) electrons. The highest BCUT2D eigenvalue weighted by Gasteiger charge is 2.59. The van der Waals surface area contributed by atoms with Crippen molar-refractivity contribution >= 4 is 29.2 Å². The van der Waals surface area contributed by atoms with E-state index in [4.69, 9.17) is 0 Å². The zero-order valence-electron chi connectivity index (χ0n) is 16.6. The Morgan fingerprint density at radius 3 is 2.09 bits per heavy atom. The lowest BCUT2D eigenvalue weighted by molar-refractivity contribution is -0.393. The first-order valence-corrected chi connectivity index (χ1v) is 8.91. The van der Waals surface area contributed by atoms with Gasteiger partial charge in [-0.05, 0) is 11.6 Å². The van der Waals surface area contributed by atoms with Crippen LogP contribution < -0.4 is 10.7 Å². The maximum atomic E-state index is 14.0. The molecule has 2 N–H and O–H groups in total. The van der Waals surface area contributed by atoms with Crippen LogP contribution in [0.15, 0.2) is 53.6 Å². The number of benzene rings is 2. The molecule has 0 saturated heterocycles. The first kappa shape index (κ1) is 26.0. The van der Waals surface area contributed by atoms with Crippen LogP contribution in [-0.2, 0) is 10.3 Å². The van der Waals surface area contributed by atoms with Gasteiger partial charge >= 0.3 is 23.9 Å². The molecular formula is C18H13F6N5O5. The maximum absolute atomic E-state index is 14.0. The molecule has 2 aromatic carbocycles. The van der Waals surface area contributed by atoms with Crippen molar-refractivity contribution < 1.29 is 41.0 Å². The summed E-state index contributed by atoms with van der Waals surface area (Å²) in [7, 11) is 0. The molecule has 34 heavy (non-hydrogen) atoms. The fourth-order valence-electron chi connectivity index (χ4n) is 2.76. The summed E-state index contributed by atoms with van der Waals surface area (Å²) in [5.41, 5.74) is -4.17. The molecule has 0 aliphatic heterocycles. The van der Waals surface area contributed by atoms with Crippen LogP contribution in [0.5, 0.6) is 0 Å².